The van der Waals surface area contributed by atoms with E-state index in [1.807, 2.05) is 35.0 Å². The Bertz CT molecular complexity index is 1070. The number of hydrogen-bond donors (Lipinski definition) is 0. The van der Waals surface area contributed by atoms with E-state index in [0.29, 0.717) is 30.6 Å². The SMILES string of the molecule is Cc1ccc([C@H]2Cn3nnc(-c4noc(-c5ccccc5)n4)c3CO2)cc1. The van der Waals surface area contributed by atoms with Gasteiger partial charge >= 0.3 is 0 Å². The number of aromatic nitrogens is 5. The van der Waals surface area contributed by atoms with Gasteiger partial charge in [-0.2, -0.15) is 4.98 Å². The van der Waals surface area contributed by atoms with Crippen molar-refractivity contribution in [2.24, 2.45) is 0 Å². The molecule has 0 spiro atoms. The maximum Gasteiger partial charge on any atom is 0.258 e. The molecule has 0 amide bonds. The van der Waals surface area contributed by atoms with Crippen LogP contribution < -0.4 is 0 Å². The molecule has 3 heterocycles. The lowest BCUT2D eigenvalue weighted by atomic mass is 10.1. The van der Waals surface area contributed by atoms with Gasteiger partial charge in [0.15, 0.2) is 5.69 Å². The zero-order valence-electron chi connectivity index (χ0n) is 14.7. The zero-order chi connectivity index (χ0) is 18.2. The highest BCUT2D eigenvalue weighted by Crippen LogP contribution is 2.30. The summed E-state index contributed by atoms with van der Waals surface area (Å²) in [7, 11) is 0. The minimum Gasteiger partial charge on any atom is -0.365 e. The van der Waals surface area contributed by atoms with Crippen LogP contribution in [0.2, 0.25) is 0 Å². The molecule has 134 valence electrons. The fraction of sp³-hybridized carbons (Fsp3) is 0.200. The van der Waals surface area contributed by atoms with E-state index in [1.165, 1.54) is 5.56 Å². The van der Waals surface area contributed by atoms with Gasteiger partial charge in [-0.05, 0) is 24.6 Å². The monoisotopic (exact) mass is 359 g/mol. The van der Waals surface area contributed by atoms with Crippen LogP contribution >= 0.6 is 0 Å². The summed E-state index contributed by atoms with van der Waals surface area (Å²) >= 11 is 0. The van der Waals surface area contributed by atoms with Crippen molar-refractivity contribution in [3.8, 4) is 23.0 Å². The minimum atomic E-state index is -0.0437. The Kier molecular flexibility index (Phi) is 3.79. The predicted molar refractivity (Wildman–Crippen MR) is 97.5 cm³/mol. The fourth-order valence-electron chi connectivity index (χ4n) is 3.19. The van der Waals surface area contributed by atoms with Crippen molar-refractivity contribution in [1.29, 1.82) is 0 Å². The van der Waals surface area contributed by atoms with Crippen LogP contribution in [0.1, 0.15) is 22.9 Å². The standard InChI is InChI=1S/C20H17N5O2/c1-13-7-9-14(10-8-13)17-11-25-16(12-26-17)18(22-24-25)19-21-20(27-23-19)15-5-3-2-4-6-15/h2-10,17H,11-12H2,1H3/t17-/m1/s1. The second kappa shape index (κ2) is 6.44. The molecule has 2 aromatic heterocycles. The van der Waals surface area contributed by atoms with E-state index in [2.05, 4.69) is 51.6 Å². The molecule has 0 saturated heterocycles. The van der Waals surface area contributed by atoms with Gasteiger partial charge < -0.3 is 9.26 Å². The number of fused-ring (bicyclic) bond motifs is 1. The van der Waals surface area contributed by atoms with Crippen LogP contribution in [0, 0.1) is 6.92 Å². The Hall–Kier alpha value is -3.32. The van der Waals surface area contributed by atoms with Crippen molar-refractivity contribution in [1.82, 2.24) is 25.1 Å². The summed E-state index contributed by atoms with van der Waals surface area (Å²) in [5.74, 6) is 0.883. The number of hydrogen-bond acceptors (Lipinski definition) is 6. The van der Waals surface area contributed by atoms with E-state index in [-0.39, 0.29) is 6.10 Å². The first-order valence-corrected chi connectivity index (χ1v) is 8.78. The second-order valence-corrected chi connectivity index (χ2v) is 6.57. The molecule has 1 atom stereocenters. The van der Waals surface area contributed by atoms with Gasteiger partial charge in [0.25, 0.3) is 5.89 Å². The molecular weight excluding hydrogens is 342 g/mol. The fourth-order valence-corrected chi connectivity index (χ4v) is 3.19. The Labute approximate surface area is 155 Å². The summed E-state index contributed by atoms with van der Waals surface area (Å²) in [5, 5.41) is 12.6. The van der Waals surface area contributed by atoms with Gasteiger partial charge in [0.1, 0.15) is 6.10 Å². The van der Waals surface area contributed by atoms with Crippen molar-refractivity contribution in [2.45, 2.75) is 26.2 Å². The van der Waals surface area contributed by atoms with Crippen LogP contribution in [-0.4, -0.2) is 25.1 Å². The minimum absolute atomic E-state index is 0.0437. The molecule has 27 heavy (non-hydrogen) atoms. The van der Waals surface area contributed by atoms with E-state index in [1.54, 1.807) is 0 Å². The van der Waals surface area contributed by atoms with Crippen molar-refractivity contribution < 1.29 is 9.26 Å². The van der Waals surface area contributed by atoms with Gasteiger partial charge in [0.05, 0.1) is 18.8 Å². The van der Waals surface area contributed by atoms with Crippen LogP contribution in [0.25, 0.3) is 23.0 Å². The summed E-state index contributed by atoms with van der Waals surface area (Å²) < 4.78 is 13.3. The average molecular weight is 359 g/mol. The second-order valence-electron chi connectivity index (χ2n) is 6.57. The topological polar surface area (TPSA) is 78.9 Å². The number of benzene rings is 2. The molecule has 0 fully saturated rings. The third-order valence-electron chi connectivity index (χ3n) is 4.71. The summed E-state index contributed by atoms with van der Waals surface area (Å²) in [4.78, 5) is 4.47. The molecule has 5 rings (SSSR count). The van der Waals surface area contributed by atoms with E-state index in [4.69, 9.17) is 9.26 Å². The highest BCUT2D eigenvalue weighted by Gasteiger charge is 2.27. The van der Waals surface area contributed by atoms with E-state index >= 15 is 0 Å². The highest BCUT2D eigenvalue weighted by atomic mass is 16.5. The van der Waals surface area contributed by atoms with Crippen LogP contribution in [0.3, 0.4) is 0 Å². The molecule has 0 unspecified atom stereocenters. The van der Waals surface area contributed by atoms with Gasteiger partial charge in [-0.15, -0.1) is 5.10 Å². The zero-order valence-corrected chi connectivity index (χ0v) is 14.7. The van der Waals surface area contributed by atoms with Crippen LogP contribution in [-0.2, 0) is 17.9 Å². The van der Waals surface area contributed by atoms with E-state index in [0.717, 1.165) is 16.8 Å². The number of ether oxygens (including phenoxy) is 1. The van der Waals surface area contributed by atoms with Crippen LogP contribution in [0.15, 0.2) is 59.1 Å². The molecule has 7 heteroatoms. The summed E-state index contributed by atoms with van der Waals surface area (Å²) in [5.41, 5.74) is 4.69. The number of nitrogens with zero attached hydrogens (tertiary/aromatic N) is 5. The van der Waals surface area contributed by atoms with Crippen molar-refractivity contribution >= 4 is 0 Å². The normalized spacial score (nSPS) is 16.3. The summed E-state index contributed by atoms with van der Waals surface area (Å²) in [6.45, 7) is 3.08. The molecule has 2 aromatic carbocycles. The van der Waals surface area contributed by atoms with Gasteiger partial charge in [0, 0.05) is 5.56 Å². The molecule has 0 aliphatic carbocycles. The Morgan fingerprint density at radius 1 is 1.04 bits per heavy atom. The molecule has 1 aliphatic rings. The molecular formula is C20H17N5O2. The quantitative estimate of drug-likeness (QED) is 0.556. The highest BCUT2D eigenvalue weighted by molar-refractivity contribution is 5.58. The molecule has 0 N–H and O–H groups in total. The number of rotatable bonds is 3. The lowest BCUT2D eigenvalue weighted by Crippen LogP contribution is -2.22. The van der Waals surface area contributed by atoms with Crippen molar-refractivity contribution in [3.63, 3.8) is 0 Å². The molecule has 4 aromatic rings. The first-order chi connectivity index (χ1) is 13.3. The summed E-state index contributed by atoms with van der Waals surface area (Å²) in [6.07, 6.45) is -0.0437. The molecule has 0 bridgehead atoms. The van der Waals surface area contributed by atoms with E-state index < -0.39 is 0 Å². The Balaban J connectivity index is 1.42. The van der Waals surface area contributed by atoms with Gasteiger partial charge in [-0.1, -0.05) is 58.4 Å². The largest absolute Gasteiger partial charge is 0.365 e. The van der Waals surface area contributed by atoms with Gasteiger partial charge in [0.2, 0.25) is 5.82 Å². The Morgan fingerprint density at radius 2 is 1.85 bits per heavy atom. The number of aryl methyl sites for hydroxylation is 1. The maximum absolute atomic E-state index is 6.06. The van der Waals surface area contributed by atoms with Crippen LogP contribution in [0.5, 0.6) is 0 Å². The smallest absolute Gasteiger partial charge is 0.258 e. The van der Waals surface area contributed by atoms with E-state index in [9.17, 15) is 0 Å². The molecule has 7 nitrogen and oxygen atoms in total. The lowest BCUT2D eigenvalue weighted by Gasteiger charge is -2.24. The third kappa shape index (κ3) is 2.92. The van der Waals surface area contributed by atoms with Crippen LogP contribution in [0.4, 0.5) is 0 Å². The van der Waals surface area contributed by atoms with Gasteiger partial charge in [-0.25, -0.2) is 4.68 Å². The Morgan fingerprint density at radius 3 is 2.67 bits per heavy atom. The third-order valence-corrected chi connectivity index (χ3v) is 4.71. The molecule has 1 aliphatic heterocycles. The molecule has 0 radical (unpaired) electrons. The predicted octanol–water partition coefficient (Wildman–Crippen LogP) is 3.58. The lowest BCUT2D eigenvalue weighted by molar-refractivity contribution is -0.00112. The average Bonchev–Trinajstić information content (AvgIpc) is 3.36. The molecule has 0 saturated carbocycles. The maximum atomic E-state index is 6.06. The first kappa shape index (κ1) is 15.9. The first-order valence-electron chi connectivity index (χ1n) is 8.78. The van der Waals surface area contributed by atoms with Crippen molar-refractivity contribution in [2.75, 3.05) is 0 Å². The van der Waals surface area contributed by atoms with Crippen molar-refractivity contribution in [3.05, 3.63) is 71.4 Å². The summed E-state index contributed by atoms with van der Waals surface area (Å²) in [6, 6.07) is 18.0. The van der Waals surface area contributed by atoms with Gasteiger partial charge in [-0.3, -0.25) is 0 Å².